The normalized spacial score (nSPS) is 27.6. The van der Waals surface area contributed by atoms with E-state index in [1.165, 1.54) is 0 Å². The van der Waals surface area contributed by atoms with Gasteiger partial charge in [0.25, 0.3) is 5.91 Å². The van der Waals surface area contributed by atoms with Crippen LogP contribution in [0.2, 0.25) is 0 Å². The molecule has 3 heteroatoms. The molecule has 1 fully saturated rings. The molecule has 100 valence electrons. The maximum Gasteiger partial charge on any atom is 0.254 e. The molecule has 1 aliphatic carbocycles. The van der Waals surface area contributed by atoms with Crippen molar-refractivity contribution in [2.24, 2.45) is 0 Å². The zero-order chi connectivity index (χ0) is 13.7. The number of nitrogens with zero attached hydrogens (tertiary/aromatic N) is 2. The van der Waals surface area contributed by atoms with E-state index >= 15 is 0 Å². The van der Waals surface area contributed by atoms with Crippen LogP contribution in [0.5, 0.6) is 0 Å². The SMILES string of the molecule is CC1c2ccccc2C(=O)N1C1CC1c1ccccn1. The Kier molecular flexibility index (Phi) is 2.43. The molecule has 1 aliphatic heterocycles. The molecule has 0 bridgehead atoms. The van der Waals surface area contributed by atoms with Crippen LogP contribution in [0.3, 0.4) is 0 Å². The Morgan fingerprint density at radius 3 is 2.70 bits per heavy atom. The monoisotopic (exact) mass is 264 g/mol. The van der Waals surface area contributed by atoms with E-state index in [1.54, 1.807) is 0 Å². The topological polar surface area (TPSA) is 33.2 Å². The predicted molar refractivity (Wildman–Crippen MR) is 76.4 cm³/mol. The Labute approximate surface area is 118 Å². The molecule has 0 N–H and O–H groups in total. The summed E-state index contributed by atoms with van der Waals surface area (Å²) in [6.45, 7) is 2.12. The molecule has 1 amide bonds. The number of hydrogen-bond donors (Lipinski definition) is 0. The quantitative estimate of drug-likeness (QED) is 0.834. The number of pyridine rings is 1. The molecule has 0 radical (unpaired) electrons. The molecule has 3 atom stereocenters. The van der Waals surface area contributed by atoms with E-state index in [0.29, 0.717) is 12.0 Å². The lowest BCUT2D eigenvalue weighted by Gasteiger charge is -2.22. The number of fused-ring (bicyclic) bond motifs is 1. The van der Waals surface area contributed by atoms with Crippen molar-refractivity contribution in [3.05, 3.63) is 65.5 Å². The lowest BCUT2D eigenvalue weighted by atomic mass is 10.1. The largest absolute Gasteiger partial charge is 0.328 e. The van der Waals surface area contributed by atoms with Crippen LogP contribution < -0.4 is 0 Å². The van der Waals surface area contributed by atoms with Crippen molar-refractivity contribution in [3.8, 4) is 0 Å². The third-order valence-electron chi connectivity index (χ3n) is 4.47. The number of benzene rings is 1. The van der Waals surface area contributed by atoms with Crippen molar-refractivity contribution in [1.82, 2.24) is 9.88 Å². The second kappa shape index (κ2) is 4.17. The summed E-state index contributed by atoms with van der Waals surface area (Å²) >= 11 is 0. The molecule has 3 unspecified atom stereocenters. The van der Waals surface area contributed by atoms with E-state index in [9.17, 15) is 4.79 Å². The van der Waals surface area contributed by atoms with Crippen LogP contribution in [0.25, 0.3) is 0 Å². The summed E-state index contributed by atoms with van der Waals surface area (Å²) in [5.74, 6) is 0.577. The second-order valence-electron chi connectivity index (χ2n) is 5.64. The van der Waals surface area contributed by atoms with Gasteiger partial charge < -0.3 is 4.90 Å². The number of rotatable bonds is 2. The summed E-state index contributed by atoms with van der Waals surface area (Å²) in [5.41, 5.74) is 3.13. The molecule has 1 saturated carbocycles. The van der Waals surface area contributed by atoms with Crippen molar-refractivity contribution >= 4 is 5.91 Å². The lowest BCUT2D eigenvalue weighted by Crippen LogP contribution is -2.30. The highest BCUT2D eigenvalue weighted by Crippen LogP contribution is 2.49. The van der Waals surface area contributed by atoms with E-state index in [2.05, 4.69) is 24.0 Å². The molecule has 0 spiro atoms. The highest BCUT2D eigenvalue weighted by Gasteiger charge is 2.50. The van der Waals surface area contributed by atoms with Gasteiger partial charge in [-0.3, -0.25) is 9.78 Å². The molecular weight excluding hydrogens is 248 g/mol. The van der Waals surface area contributed by atoms with Crippen molar-refractivity contribution in [2.75, 3.05) is 0 Å². The minimum Gasteiger partial charge on any atom is -0.328 e. The van der Waals surface area contributed by atoms with Crippen LogP contribution in [-0.2, 0) is 0 Å². The van der Waals surface area contributed by atoms with Crippen molar-refractivity contribution in [3.63, 3.8) is 0 Å². The molecule has 0 saturated heterocycles. The Bertz CT molecular complexity index is 668. The van der Waals surface area contributed by atoms with Gasteiger partial charge in [0.15, 0.2) is 0 Å². The lowest BCUT2D eigenvalue weighted by molar-refractivity contribution is 0.0718. The van der Waals surface area contributed by atoms with Gasteiger partial charge in [0, 0.05) is 29.4 Å². The molecule has 1 aromatic heterocycles. The van der Waals surface area contributed by atoms with Gasteiger partial charge in [-0.15, -0.1) is 0 Å². The van der Waals surface area contributed by atoms with Crippen molar-refractivity contribution in [1.29, 1.82) is 0 Å². The summed E-state index contributed by atoms with van der Waals surface area (Å²) in [5, 5.41) is 0. The van der Waals surface area contributed by atoms with E-state index in [0.717, 1.165) is 23.2 Å². The standard InChI is InChI=1S/C17H16N2O/c1-11-12-6-2-3-7-13(12)17(20)19(11)16-10-14(16)15-8-4-5-9-18-15/h2-9,11,14,16H,10H2,1H3. The molecule has 3 nitrogen and oxygen atoms in total. The third kappa shape index (κ3) is 1.59. The highest BCUT2D eigenvalue weighted by atomic mass is 16.2. The van der Waals surface area contributed by atoms with E-state index in [1.807, 2.05) is 41.4 Å². The van der Waals surface area contributed by atoms with Crippen LogP contribution >= 0.6 is 0 Å². The van der Waals surface area contributed by atoms with Gasteiger partial charge in [-0.25, -0.2) is 0 Å². The van der Waals surface area contributed by atoms with Crippen molar-refractivity contribution in [2.45, 2.75) is 31.3 Å². The molecule has 2 aromatic rings. The second-order valence-corrected chi connectivity index (χ2v) is 5.64. The fourth-order valence-corrected chi connectivity index (χ4v) is 3.36. The van der Waals surface area contributed by atoms with E-state index in [-0.39, 0.29) is 11.9 Å². The molecule has 20 heavy (non-hydrogen) atoms. The number of hydrogen-bond acceptors (Lipinski definition) is 2. The Morgan fingerprint density at radius 1 is 1.15 bits per heavy atom. The number of carbonyl (C=O) groups is 1. The zero-order valence-electron chi connectivity index (χ0n) is 11.4. The van der Waals surface area contributed by atoms with Crippen LogP contribution in [0.4, 0.5) is 0 Å². The van der Waals surface area contributed by atoms with Crippen LogP contribution in [0.15, 0.2) is 48.7 Å². The average molecular weight is 264 g/mol. The molecule has 2 aliphatic rings. The van der Waals surface area contributed by atoms with Gasteiger partial charge in [-0.1, -0.05) is 24.3 Å². The smallest absolute Gasteiger partial charge is 0.254 e. The first-order valence-electron chi connectivity index (χ1n) is 7.10. The minimum absolute atomic E-state index is 0.177. The fourth-order valence-electron chi connectivity index (χ4n) is 3.36. The summed E-state index contributed by atoms with van der Waals surface area (Å²) in [6.07, 6.45) is 2.86. The van der Waals surface area contributed by atoms with Crippen LogP contribution in [0.1, 0.15) is 46.9 Å². The predicted octanol–water partition coefficient (Wildman–Crippen LogP) is 3.15. The Hall–Kier alpha value is -2.16. The van der Waals surface area contributed by atoms with Gasteiger partial charge in [0.1, 0.15) is 0 Å². The summed E-state index contributed by atoms with van der Waals surface area (Å²) in [4.78, 5) is 19.0. The van der Waals surface area contributed by atoms with Crippen LogP contribution in [0, 0.1) is 0 Å². The van der Waals surface area contributed by atoms with Crippen molar-refractivity contribution < 1.29 is 4.79 Å². The van der Waals surface area contributed by atoms with Gasteiger partial charge in [-0.2, -0.15) is 0 Å². The molecule has 1 aromatic carbocycles. The fraction of sp³-hybridized carbons (Fsp3) is 0.294. The maximum absolute atomic E-state index is 12.6. The van der Waals surface area contributed by atoms with Gasteiger partial charge in [-0.05, 0) is 37.1 Å². The summed E-state index contributed by atoms with van der Waals surface area (Å²) < 4.78 is 0. The average Bonchev–Trinajstić information content (AvgIpc) is 3.24. The Balaban J connectivity index is 1.62. The number of aromatic nitrogens is 1. The first kappa shape index (κ1) is 11.6. The van der Waals surface area contributed by atoms with E-state index < -0.39 is 0 Å². The summed E-state index contributed by atoms with van der Waals surface area (Å²) in [6, 6.07) is 14.4. The maximum atomic E-state index is 12.6. The van der Waals surface area contributed by atoms with Gasteiger partial charge >= 0.3 is 0 Å². The van der Waals surface area contributed by atoms with Gasteiger partial charge in [0.05, 0.1) is 6.04 Å². The van der Waals surface area contributed by atoms with Gasteiger partial charge in [0.2, 0.25) is 0 Å². The molecule has 2 heterocycles. The summed E-state index contributed by atoms with van der Waals surface area (Å²) in [7, 11) is 0. The molecular formula is C17H16N2O. The zero-order valence-corrected chi connectivity index (χ0v) is 11.4. The third-order valence-corrected chi connectivity index (χ3v) is 4.47. The number of amides is 1. The minimum atomic E-state index is 0.177. The first-order chi connectivity index (χ1) is 9.77. The van der Waals surface area contributed by atoms with Crippen LogP contribution in [-0.4, -0.2) is 21.8 Å². The number of carbonyl (C=O) groups excluding carboxylic acids is 1. The highest BCUT2D eigenvalue weighted by molar-refractivity contribution is 5.99. The molecule has 4 rings (SSSR count). The Morgan fingerprint density at radius 2 is 1.95 bits per heavy atom. The van der Waals surface area contributed by atoms with E-state index in [4.69, 9.17) is 0 Å². The first-order valence-corrected chi connectivity index (χ1v) is 7.10.